The first-order chi connectivity index (χ1) is 8.54. The summed E-state index contributed by atoms with van der Waals surface area (Å²) in [6, 6.07) is 6.17. The molecule has 0 saturated carbocycles. The third-order valence-corrected chi connectivity index (χ3v) is 3.42. The van der Waals surface area contributed by atoms with Gasteiger partial charge in [-0.25, -0.2) is 4.79 Å². The summed E-state index contributed by atoms with van der Waals surface area (Å²) in [5.41, 5.74) is 3.25. The first kappa shape index (κ1) is 12.9. The van der Waals surface area contributed by atoms with E-state index in [1.807, 2.05) is 30.9 Å². The Morgan fingerprint density at radius 2 is 1.94 bits per heavy atom. The number of amides is 2. The number of likely N-dealkylation sites (tertiary alicyclic amines) is 1. The van der Waals surface area contributed by atoms with E-state index in [1.54, 1.807) is 0 Å². The van der Waals surface area contributed by atoms with Gasteiger partial charge in [0, 0.05) is 18.8 Å². The van der Waals surface area contributed by atoms with Gasteiger partial charge in [0.05, 0.1) is 0 Å². The minimum Gasteiger partial charge on any atom is -0.324 e. The van der Waals surface area contributed by atoms with Gasteiger partial charge in [0.25, 0.3) is 0 Å². The highest BCUT2D eigenvalue weighted by atomic mass is 16.2. The zero-order valence-electron chi connectivity index (χ0n) is 11.5. The normalized spacial score (nSPS) is 19.7. The van der Waals surface area contributed by atoms with Crippen LogP contribution in [0.4, 0.5) is 10.5 Å². The number of nitrogens with zero attached hydrogens (tertiary/aromatic N) is 1. The molecule has 1 aromatic rings. The monoisotopic (exact) mass is 246 g/mol. The van der Waals surface area contributed by atoms with Crippen LogP contribution in [0.1, 0.15) is 30.9 Å². The van der Waals surface area contributed by atoms with Gasteiger partial charge in [0.2, 0.25) is 0 Å². The number of benzene rings is 1. The molecule has 1 atom stereocenters. The predicted molar refractivity (Wildman–Crippen MR) is 74.9 cm³/mol. The van der Waals surface area contributed by atoms with Gasteiger partial charge in [-0.05, 0) is 55.9 Å². The number of nitrogens with one attached hydrogen (secondary N) is 1. The molecule has 0 unspecified atom stereocenters. The number of piperidine rings is 1. The quantitative estimate of drug-likeness (QED) is 0.807. The van der Waals surface area contributed by atoms with Gasteiger partial charge in [-0.3, -0.25) is 0 Å². The zero-order chi connectivity index (χ0) is 13.1. The van der Waals surface area contributed by atoms with E-state index in [1.165, 1.54) is 17.5 Å². The van der Waals surface area contributed by atoms with Gasteiger partial charge in [-0.2, -0.15) is 0 Å². The van der Waals surface area contributed by atoms with Gasteiger partial charge < -0.3 is 10.2 Å². The van der Waals surface area contributed by atoms with Crippen molar-refractivity contribution in [3.8, 4) is 0 Å². The van der Waals surface area contributed by atoms with Crippen molar-refractivity contribution in [2.24, 2.45) is 5.92 Å². The average Bonchev–Trinajstić information content (AvgIpc) is 2.27. The zero-order valence-corrected chi connectivity index (χ0v) is 11.5. The van der Waals surface area contributed by atoms with Crippen LogP contribution in [0.15, 0.2) is 18.2 Å². The van der Waals surface area contributed by atoms with Crippen LogP contribution >= 0.6 is 0 Å². The van der Waals surface area contributed by atoms with Crippen molar-refractivity contribution in [2.45, 2.75) is 33.6 Å². The number of hydrogen-bond donors (Lipinski definition) is 1. The van der Waals surface area contributed by atoms with E-state index in [0.29, 0.717) is 5.92 Å². The first-order valence-corrected chi connectivity index (χ1v) is 6.69. The summed E-state index contributed by atoms with van der Waals surface area (Å²) >= 11 is 0. The molecule has 0 spiro atoms. The molecule has 1 N–H and O–H groups in total. The lowest BCUT2D eigenvalue weighted by molar-refractivity contribution is 0.182. The molecule has 2 rings (SSSR count). The first-order valence-electron chi connectivity index (χ1n) is 6.69. The SMILES string of the molecule is Cc1cc(C)cc(NC(=O)N2CCC[C@@H](C)C2)c1. The number of hydrogen-bond acceptors (Lipinski definition) is 1. The third kappa shape index (κ3) is 3.25. The highest BCUT2D eigenvalue weighted by Gasteiger charge is 2.20. The Morgan fingerprint density at radius 3 is 2.56 bits per heavy atom. The summed E-state index contributed by atoms with van der Waals surface area (Å²) in [6.07, 6.45) is 2.34. The van der Waals surface area contributed by atoms with Crippen molar-refractivity contribution in [3.63, 3.8) is 0 Å². The summed E-state index contributed by atoms with van der Waals surface area (Å²) in [7, 11) is 0. The van der Waals surface area contributed by atoms with E-state index in [-0.39, 0.29) is 6.03 Å². The number of carbonyl (C=O) groups is 1. The van der Waals surface area contributed by atoms with E-state index >= 15 is 0 Å². The second-order valence-corrected chi connectivity index (χ2v) is 5.50. The summed E-state index contributed by atoms with van der Waals surface area (Å²) in [6.45, 7) is 8.05. The molecule has 3 heteroatoms. The molecule has 1 aliphatic rings. The molecule has 1 heterocycles. The molecule has 0 bridgehead atoms. The van der Waals surface area contributed by atoms with Crippen molar-refractivity contribution < 1.29 is 4.79 Å². The third-order valence-electron chi connectivity index (χ3n) is 3.42. The van der Waals surface area contributed by atoms with Crippen molar-refractivity contribution in [1.29, 1.82) is 0 Å². The fourth-order valence-electron chi connectivity index (χ4n) is 2.62. The van der Waals surface area contributed by atoms with Crippen LogP contribution in [-0.2, 0) is 0 Å². The molecule has 98 valence electrons. The van der Waals surface area contributed by atoms with Crippen LogP contribution in [0.3, 0.4) is 0 Å². The number of urea groups is 1. The van der Waals surface area contributed by atoms with Gasteiger partial charge in [-0.1, -0.05) is 13.0 Å². The lowest BCUT2D eigenvalue weighted by Crippen LogP contribution is -2.41. The summed E-state index contributed by atoms with van der Waals surface area (Å²) < 4.78 is 0. The number of rotatable bonds is 1. The van der Waals surface area contributed by atoms with Crippen LogP contribution in [-0.4, -0.2) is 24.0 Å². The summed E-state index contributed by atoms with van der Waals surface area (Å²) in [4.78, 5) is 14.1. The molecule has 18 heavy (non-hydrogen) atoms. The van der Waals surface area contributed by atoms with E-state index in [9.17, 15) is 4.79 Å². The topological polar surface area (TPSA) is 32.3 Å². The Morgan fingerprint density at radius 1 is 1.28 bits per heavy atom. The predicted octanol–water partition coefficient (Wildman–Crippen LogP) is 3.57. The highest BCUT2D eigenvalue weighted by molar-refractivity contribution is 5.89. The average molecular weight is 246 g/mol. The largest absolute Gasteiger partial charge is 0.324 e. The number of carbonyl (C=O) groups excluding carboxylic acids is 1. The number of aryl methyl sites for hydroxylation is 2. The highest BCUT2D eigenvalue weighted by Crippen LogP contribution is 2.18. The standard InChI is InChI=1S/C15H22N2O/c1-11-5-4-6-17(10-11)15(18)16-14-8-12(2)7-13(3)9-14/h7-9,11H,4-6,10H2,1-3H3,(H,16,18)/t11-/m1/s1. The molecule has 1 aromatic carbocycles. The van der Waals surface area contributed by atoms with Crippen LogP contribution < -0.4 is 5.32 Å². The molecule has 1 aliphatic heterocycles. The maximum absolute atomic E-state index is 12.2. The molecule has 1 saturated heterocycles. The fourth-order valence-corrected chi connectivity index (χ4v) is 2.62. The maximum Gasteiger partial charge on any atom is 0.321 e. The van der Waals surface area contributed by atoms with Crippen molar-refractivity contribution in [1.82, 2.24) is 4.90 Å². The molecular weight excluding hydrogens is 224 g/mol. The Bertz CT molecular complexity index is 422. The van der Waals surface area contributed by atoms with Crippen LogP contribution in [0.5, 0.6) is 0 Å². The molecule has 0 aliphatic carbocycles. The summed E-state index contributed by atoms with van der Waals surface area (Å²) in [5.74, 6) is 0.615. The van der Waals surface area contributed by atoms with Crippen molar-refractivity contribution >= 4 is 11.7 Å². The Labute approximate surface area is 109 Å². The summed E-state index contributed by atoms with van der Waals surface area (Å²) in [5, 5.41) is 3.00. The number of anilines is 1. The molecular formula is C15H22N2O. The minimum absolute atomic E-state index is 0.0338. The van der Waals surface area contributed by atoms with Gasteiger partial charge in [-0.15, -0.1) is 0 Å². The van der Waals surface area contributed by atoms with Crippen LogP contribution in [0.25, 0.3) is 0 Å². The smallest absolute Gasteiger partial charge is 0.321 e. The molecule has 0 radical (unpaired) electrons. The van der Waals surface area contributed by atoms with Crippen molar-refractivity contribution in [3.05, 3.63) is 29.3 Å². The molecule has 0 aromatic heterocycles. The van der Waals surface area contributed by atoms with Gasteiger partial charge in [0.1, 0.15) is 0 Å². The van der Waals surface area contributed by atoms with E-state index < -0.39 is 0 Å². The minimum atomic E-state index is 0.0338. The Kier molecular flexibility index (Phi) is 3.90. The van der Waals surface area contributed by atoms with Crippen LogP contribution in [0.2, 0.25) is 0 Å². The second-order valence-electron chi connectivity index (χ2n) is 5.50. The lowest BCUT2D eigenvalue weighted by atomic mass is 10.0. The Balaban J connectivity index is 2.02. The van der Waals surface area contributed by atoms with E-state index in [0.717, 1.165) is 25.2 Å². The maximum atomic E-state index is 12.2. The second kappa shape index (κ2) is 5.42. The molecule has 2 amide bonds. The molecule has 3 nitrogen and oxygen atoms in total. The lowest BCUT2D eigenvalue weighted by Gasteiger charge is -2.31. The van der Waals surface area contributed by atoms with Crippen molar-refractivity contribution in [2.75, 3.05) is 18.4 Å². The fraction of sp³-hybridized carbons (Fsp3) is 0.533. The molecule has 1 fully saturated rings. The van der Waals surface area contributed by atoms with Gasteiger partial charge >= 0.3 is 6.03 Å². The Hall–Kier alpha value is -1.51. The van der Waals surface area contributed by atoms with E-state index in [4.69, 9.17) is 0 Å². The van der Waals surface area contributed by atoms with Crippen LogP contribution in [0, 0.1) is 19.8 Å². The van der Waals surface area contributed by atoms with Gasteiger partial charge in [0.15, 0.2) is 0 Å². The van der Waals surface area contributed by atoms with E-state index in [2.05, 4.69) is 18.3 Å².